The van der Waals surface area contributed by atoms with Crippen molar-refractivity contribution < 1.29 is 32.6 Å². The van der Waals surface area contributed by atoms with Crippen molar-refractivity contribution in [1.29, 1.82) is 0 Å². The molecule has 0 radical (unpaired) electrons. The van der Waals surface area contributed by atoms with E-state index in [0.717, 1.165) is 5.56 Å². The molecule has 2 N–H and O–H groups in total. The highest BCUT2D eigenvalue weighted by Crippen LogP contribution is 2.48. The highest BCUT2D eigenvalue weighted by Gasteiger charge is 2.57. The van der Waals surface area contributed by atoms with E-state index in [4.69, 9.17) is 21.1 Å². The molecule has 4 atom stereocenters. The van der Waals surface area contributed by atoms with E-state index < -0.39 is 56.5 Å². The van der Waals surface area contributed by atoms with Gasteiger partial charge in [0.05, 0.1) is 22.1 Å². The molecular formula is C30H39ClN2O7S. The second-order valence-electron chi connectivity index (χ2n) is 12.6. The van der Waals surface area contributed by atoms with Crippen molar-refractivity contribution in [2.75, 3.05) is 0 Å². The smallest absolute Gasteiger partial charge is 0.315 e. The maximum atomic E-state index is 13.8. The molecule has 0 bridgehead atoms. The molecule has 0 heterocycles. The van der Waals surface area contributed by atoms with Crippen LogP contribution in [0.2, 0.25) is 5.02 Å². The topological polar surface area (TPSA) is 131 Å². The molecule has 0 aliphatic heterocycles. The summed E-state index contributed by atoms with van der Waals surface area (Å²) in [5.41, 5.74) is -2.18. The fourth-order valence-electron chi connectivity index (χ4n) is 4.85. The lowest BCUT2D eigenvalue weighted by Gasteiger charge is -2.46. The number of carbonyl (C=O) groups is 2. The number of nitrogens with one attached hydrogen (secondary N) is 1. The monoisotopic (exact) mass is 606 g/mol. The predicted octanol–water partition coefficient (Wildman–Crippen LogP) is 5.14. The van der Waals surface area contributed by atoms with E-state index in [1.165, 1.54) is 19.1 Å². The second kappa shape index (κ2) is 11.7. The molecule has 1 aliphatic rings. The van der Waals surface area contributed by atoms with E-state index in [-0.39, 0.29) is 17.0 Å². The lowest BCUT2D eigenvalue weighted by atomic mass is 9.61. The summed E-state index contributed by atoms with van der Waals surface area (Å²) in [5.74, 6) is -4.93. The first-order chi connectivity index (χ1) is 18.7. The van der Waals surface area contributed by atoms with Crippen LogP contribution in [0, 0.1) is 18.8 Å². The standard InChI is InChI=1S/C30H39ClN2O7S/c1-18-9-15-21(16-10-18)41(37,38)33-32-22-17-30(8,36)25(27(35)40-29(5,6)7)23(19-11-13-20(31)14-12-19)24(22)26(34)39-28(2,3)4/h9-16,23-25,33,36H,17H2,1-8H3/b32-22+. The van der Waals surface area contributed by atoms with Gasteiger partial charge in [-0.15, -0.1) is 0 Å². The van der Waals surface area contributed by atoms with Gasteiger partial charge in [-0.1, -0.05) is 41.4 Å². The first-order valence-electron chi connectivity index (χ1n) is 13.3. The van der Waals surface area contributed by atoms with Gasteiger partial charge in [0.2, 0.25) is 0 Å². The van der Waals surface area contributed by atoms with Gasteiger partial charge in [-0.05, 0) is 85.2 Å². The summed E-state index contributed by atoms with van der Waals surface area (Å²) in [7, 11) is -4.12. The SMILES string of the molecule is Cc1ccc(S(=O)(=O)N/N=C2\CC(C)(O)C(C(=O)OC(C)(C)C)C(c3ccc(Cl)cc3)C2C(=O)OC(C)(C)C)cc1. The quantitative estimate of drug-likeness (QED) is 0.344. The van der Waals surface area contributed by atoms with Crippen LogP contribution in [0.5, 0.6) is 0 Å². The number of sulfonamides is 1. The van der Waals surface area contributed by atoms with Crippen molar-refractivity contribution in [3.05, 3.63) is 64.7 Å². The van der Waals surface area contributed by atoms with Crippen molar-refractivity contribution in [2.45, 2.75) is 89.4 Å². The normalized spacial score (nSPS) is 24.5. The molecule has 2 aromatic rings. The lowest BCUT2D eigenvalue weighted by Crippen LogP contribution is -2.56. The third-order valence-electron chi connectivity index (χ3n) is 6.50. The summed E-state index contributed by atoms with van der Waals surface area (Å²) in [4.78, 5) is 29.7. The van der Waals surface area contributed by atoms with Crippen LogP contribution in [0.1, 0.15) is 71.9 Å². The highest BCUT2D eigenvalue weighted by atomic mass is 35.5. The maximum Gasteiger partial charge on any atom is 0.315 e. The Balaban J connectivity index is 2.21. The zero-order chi connectivity index (χ0) is 31.0. The van der Waals surface area contributed by atoms with Crippen LogP contribution < -0.4 is 4.83 Å². The van der Waals surface area contributed by atoms with Gasteiger partial charge in [0.15, 0.2) is 0 Å². The summed E-state index contributed by atoms with van der Waals surface area (Å²) in [6.45, 7) is 13.5. The second-order valence-corrected chi connectivity index (χ2v) is 14.7. The van der Waals surface area contributed by atoms with E-state index in [2.05, 4.69) is 9.93 Å². The van der Waals surface area contributed by atoms with Gasteiger partial charge in [-0.3, -0.25) is 9.59 Å². The third kappa shape index (κ3) is 8.30. The first-order valence-corrected chi connectivity index (χ1v) is 15.1. The van der Waals surface area contributed by atoms with Gasteiger partial charge in [0.25, 0.3) is 10.0 Å². The molecule has 224 valence electrons. The Morgan fingerprint density at radius 3 is 1.98 bits per heavy atom. The van der Waals surface area contributed by atoms with E-state index in [1.54, 1.807) is 77.9 Å². The number of esters is 2. The molecule has 0 amide bonds. The number of benzene rings is 2. The Morgan fingerprint density at radius 2 is 1.46 bits per heavy atom. The molecule has 11 heteroatoms. The Hall–Kier alpha value is -2.95. The van der Waals surface area contributed by atoms with Gasteiger partial charge >= 0.3 is 11.9 Å². The summed E-state index contributed by atoms with van der Waals surface area (Å²) in [6, 6.07) is 12.7. The molecule has 41 heavy (non-hydrogen) atoms. The third-order valence-corrected chi connectivity index (χ3v) is 7.98. The Morgan fingerprint density at radius 1 is 0.951 bits per heavy atom. The van der Waals surface area contributed by atoms with Gasteiger partial charge in [0.1, 0.15) is 17.1 Å². The number of rotatable bonds is 6. The molecule has 0 saturated heterocycles. The van der Waals surface area contributed by atoms with E-state index in [9.17, 15) is 23.1 Å². The Bertz CT molecular complexity index is 1400. The number of hydrogen-bond acceptors (Lipinski definition) is 8. The van der Waals surface area contributed by atoms with Crippen LogP contribution in [-0.4, -0.2) is 48.0 Å². The van der Waals surface area contributed by atoms with Crippen molar-refractivity contribution in [3.63, 3.8) is 0 Å². The Labute approximate surface area is 247 Å². The summed E-state index contributed by atoms with van der Waals surface area (Å²) < 4.78 is 37.6. The van der Waals surface area contributed by atoms with Crippen LogP contribution >= 0.6 is 11.6 Å². The number of hydrazone groups is 1. The number of hydrogen-bond donors (Lipinski definition) is 2. The molecule has 0 aromatic heterocycles. The van der Waals surface area contributed by atoms with E-state index in [0.29, 0.717) is 10.6 Å². The number of aliphatic hydroxyl groups is 1. The van der Waals surface area contributed by atoms with E-state index in [1.807, 2.05) is 6.92 Å². The highest BCUT2D eigenvalue weighted by molar-refractivity contribution is 7.89. The zero-order valence-electron chi connectivity index (χ0n) is 24.7. The average molecular weight is 607 g/mol. The minimum atomic E-state index is -4.12. The Kier molecular flexibility index (Phi) is 9.32. The molecule has 2 aromatic carbocycles. The van der Waals surface area contributed by atoms with Crippen LogP contribution in [-0.2, 0) is 29.1 Å². The van der Waals surface area contributed by atoms with Crippen molar-refractivity contribution in [2.24, 2.45) is 16.9 Å². The fourth-order valence-corrected chi connectivity index (χ4v) is 5.82. The van der Waals surface area contributed by atoms with Crippen molar-refractivity contribution >= 4 is 39.3 Å². The van der Waals surface area contributed by atoms with Gasteiger partial charge in [-0.2, -0.15) is 13.5 Å². The van der Waals surface area contributed by atoms with Crippen LogP contribution in [0.25, 0.3) is 0 Å². The number of nitrogens with zero attached hydrogens (tertiary/aromatic N) is 1. The number of halogens is 1. The van der Waals surface area contributed by atoms with Crippen molar-refractivity contribution in [1.82, 2.24) is 4.83 Å². The van der Waals surface area contributed by atoms with Gasteiger partial charge in [-0.25, -0.2) is 4.83 Å². The van der Waals surface area contributed by atoms with Crippen LogP contribution in [0.15, 0.2) is 58.5 Å². The van der Waals surface area contributed by atoms with Crippen LogP contribution in [0.4, 0.5) is 0 Å². The molecule has 1 fully saturated rings. The first kappa shape index (κ1) is 32.6. The minimum absolute atomic E-state index is 0.0136. The number of ether oxygens (including phenoxy) is 2. The predicted molar refractivity (Wildman–Crippen MR) is 157 cm³/mol. The largest absolute Gasteiger partial charge is 0.460 e. The zero-order valence-corrected chi connectivity index (χ0v) is 26.3. The summed E-state index contributed by atoms with van der Waals surface area (Å²) in [6.07, 6.45) is -0.304. The van der Waals surface area contributed by atoms with Crippen LogP contribution in [0.3, 0.4) is 0 Å². The molecule has 9 nitrogen and oxygen atoms in total. The minimum Gasteiger partial charge on any atom is -0.460 e. The summed E-state index contributed by atoms with van der Waals surface area (Å²) >= 11 is 6.14. The summed E-state index contributed by atoms with van der Waals surface area (Å²) in [5, 5.41) is 16.3. The molecule has 1 aliphatic carbocycles. The molecular weight excluding hydrogens is 568 g/mol. The van der Waals surface area contributed by atoms with Gasteiger partial charge < -0.3 is 14.6 Å². The molecule has 0 spiro atoms. The molecule has 4 unspecified atom stereocenters. The molecule has 1 saturated carbocycles. The van der Waals surface area contributed by atoms with Gasteiger partial charge in [0, 0.05) is 17.4 Å². The lowest BCUT2D eigenvalue weighted by molar-refractivity contribution is -0.175. The van der Waals surface area contributed by atoms with E-state index >= 15 is 0 Å². The molecule has 3 rings (SSSR count). The average Bonchev–Trinajstić information content (AvgIpc) is 2.80. The fraction of sp³-hybridized carbons (Fsp3) is 0.500. The van der Waals surface area contributed by atoms with Crippen molar-refractivity contribution in [3.8, 4) is 0 Å². The number of aryl methyl sites for hydroxylation is 1. The maximum absolute atomic E-state index is 13.8. The number of carbonyl (C=O) groups excluding carboxylic acids is 2.